The van der Waals surface area contributed by atoms with E-state index >= 15 is 0 Å². The van der Waals surface area contributed by atoms with E-state index in [1.807, 2.05) is 18.2 Å². The van der Waals surface area contributed by atoms with E-state index in [1.54, 1.807) is 6.07 Å². The minimum absolute atomic E-state index is 0.126. The summed E-state index contributed by atoms with van der Waals surface area (Å²) in [4.78, 5) is 10.3. The Kier molecular flexibility index (Phi) is 2.81. The molecule has 0 unspecified atom stereocenters. The third-order valence-corrected chi connectivity index (χ3v) is 2.62. The topological polar surface area (TPSA) is 29.4 Å². The van der Waals surface area contributed by atoms with Crippen LogP contribution in [0.25, 0.3) is 0 Å². The smallest absolute Gasteiger partial charge is 0.108 e. The summed E-state index contributed by atoms with van der Waals surface area (Å²) in [6, 6.07) is 7.50. The molecule has 0 amide bonds. The van der Waals surface area contributed by atoms with Crippen LogP contribution in [-0.4, -0.2) is 0 Å². The summed E-state index contributed by atoms with van der Waals surface area (Å²) in [7, 11) is 0. The number of hydrogen-bond donors (Lipinski definition) is 0. The molecule has 0 fully saturated rings. The molecule has 0 bridgehead atoms. The van der Waals surface area contributed by atoms with Crippen molar-refractivity contribution in [3.63, 3.8) is 0 Å². The highest BCUT2D eigenvalue weighted by molar-refractivity contribution is 5.42. The highest BCUT2D eigenvalue weighted by atomic mass is 16.3. The van der Waals surface area contributed by atoms with Gasteiger partial charge in [0.1, 0.15) is 5.69 Å². The van der Waals surface area contributed by atoms with Crippen molar-refractivity contribution in [1.29, 1.82) is 0 Å². The largest absolute Gasteiger partial charge is 0.145 e. The fraction of sp³-hybridized carbons (Fsp3) is 0.455. The lowest BCUT2D eigenvalue weighted by Gasteiger charge is -2.23. The highest BCUT2D eigenvalue weighted by Crippen LogP contribution is 2.28. The van der Waals surface area contributed by atoms with Gasteiger partial charge >= 0.3 is 0 Å². The molecule has 0 spiro atoms. The predicted molar refractivity (Wildman–Crippen MR) is 55.2 cm³/mol. The van der Waals surface area contributed by atoms with Gasteiger partial charge in [-0.25, -0.2) is 0 Å². The zero-order valence-electron chi connectivity index (χ0n) is 8.37. The van der Waals surface area contributed by atoms with Gasteiger partial charge < -0.3 is 0 Å². The van der Waals surface area contributed by atoms with Crippen molar-refractivity contribution >= 4 is 5.69 Å². The fourth-order valence-electron chi connectivity index (χ4n) is 1.19. The van der Waals surface area contributed by atoms with Gasteiger partial charge in [-0.3, -0.25) is 0 Å². The number of benzene rings is 1. The zero-order chi connectivity index (χ0) is 9.90. The lowest BCUT2D eigenvalue weighted by Crippen LogP contribution is -2.14. The molecule has 0 atom stereocenters. The maximum Gasteiger partial charge on any atom is 0.108 e. The number of hydrogen-bond acceptors (Lipinski definition) is 2. The molecule has 0 aliphatic rings. The van der Waals surface area contributed by atoms with Gasteiger partial charge in [0, 0.05) is 0 Å². The Morgan fingerprint density at radius 2 is 2.08 bits per heavy atom. The van der Waals surface area contributed by atoms with Crippen molar-refractivity contribution in [2.75, 3.05) is 0 Å². The first kappa shape index (κ1) is 9.90. The summed E-state index contributed by atoms with van der Waals surface area (Å²) < 4.78 is 0. The monoisotopic (exact) mass is 177 g/mol. The van der Waals surface area contributed by atoms with Crippen LogP contribution in [0.3, 0.4) is 0 Å². The van der Waals surface area contributed by atoms with Gasteiger partial charge in [-0.2, -0.15) is 0 Å². The van der Waals surface area contributed by atoms with Crippen LogP contribution in [0.1, 0.15) is 32.8 Å². The van der Waals surface area contributed by atoms with E-state index < -0.39 is 0 Å². The van der Waals surface area contributed by atoms with Gasteiger partial charge in [0.2, 0.25) is 0 Å². The van der Waals surface area contributed by atoms with Crippen molar-refractivity contribution in [3.05, 3.63) is 34.7 Å². The predicted octanol–water partition coefficient (Wildman–Crippen LogP) is 3.77. The fourth-order valence-corrected chi connectivity index (χ4v) is 1.19. The van der Waals surface area contributed by atoms with Gasteiger partial charge in [-0.1, -0.05) is 32.9 Å². The molecule has 1 aromatic rings. The standard InChI is InChI=1S/C11H15NO/c1-4-11(2,3)9-6-5-7-10(8-9)12-13/h5-8H,4H2,1-3H3. The normalized spacial score (nSPS) is 11.3. The van der Waals surface area contributed by atoms with E-state index in [0.717, 1.165) is 6.42 Å². The molecular weight excluding hydrogens is 162 g/mol. The van der Waals surface area contributed by atoms with Crippen LogP contribution in [0.4, 0.5) is 5.69 Å². The Bertz CT molecular complexity index is 305. The molecule has 2 nitrogen and oxygen atoms in total. The molecule has 0 heterocycles. The summed E-state index contributed by atoms with van der Waals surface area (Å²) in [5, 5.41) is 2.93. The molecule has 0 aliphatic carbocycles. The van der Waals surface area contributed by atoms with E-state index in [4.69, 9.17) is 0 Å². The minimum Gasteiger partial charge on any atom is -0.145 e. The molecule has 1 aromatic carbocycles. The summed E-state index contributed by atoms with van der Waals surface area (Å²) in [6.07, 6.45) is 1.05. The SMILES string of the molecule is CCC(C)(C)c1cccc(N=O)c1. The number of nitrogens with zero attached hydrogens (tertiary/aromatic N) is 1. The van der Waals surface area contributed by atoms with Crippen LogP contribution in [0.15, 0.2) is 29.4 Å². The number of rotatable bonds is 3. The third kappa shape index (κ3) is 2.14. The second kappa shape index (κ2) is 3.69. The molecule has 0 saturated heterocycles. The Morgan fingerprint density at radius 1 is 1.38 bits per heavy atom. The summed E-state index contributed by atoms with van der Waals surface area (Å²) in [6.45, 7) is 6.47. The van der Waals surface area contributed by atoms with Crippen molar-refractivity contribution < 1.29 is 0 Å². The lowest BCUT2D eigenvalue weighted by molar-refractivity contribution is 0.506. The van der Waals surface area contributed by atoms with Gasteiger partial charge in [0.25, 0.3) is 0 Å². The Hall–Kier alpha value is -1.18. The van der Waals surface area contributed by atoms with Gasteiger partial charge in [-0.15, -0.1) is 4.91 Å². The maximum atomic E-state index is 10.3. The molecule has 13 heavy (non-hydrogen) atoms. The second-order valence-corrected chi connectivity index (χ2v) is 3.88. The van der Waals surface area contributed by atoms with Crippen LogP contribution in [0, 0.1) is 4.91 Å². The van der Waals surface area contributed by atoms with Crippen molar-refractivity contribution in [2.45, 2.75) is 32.6 Å². The van der Waals surface area contributed by atoms with E-state index in [1.165, 1.54) is 5.56 Å². The van der Waals surface area contributed by atoms with Crippen LogP contribution < -0.4 is 0 Å². The zero-order valence-corrected chi connectivity index (χ0v) is 8.37. The quantitative estimate of drug-likeness (QED) is 0.646. The first-order valence-corrected chi connectivity index (χ1v) is 4.54. The van der Waals surface area contributed by atoms with Crippen molar-refractivity contribution in [2.24, 2.45) is 5.18 Å². The van der Waals surface area contributed by atoms with Gasteiger partial charge in [0.05, 0.1) is 0 Å². The molecule has 0 aliphatic heterocycles. The van der Waals surface area contributed by atoms with E-state index in [0.29, 0.717) is 5.69 Å². The summed E-state index contributed by atoms with van der Waals surface area (Å²) >= 11 is 0. The molecule has 1 rings (SSSR count). The lowest BCUT2D eigenvalue weighted by atomic mass is 9.82. The Balaban J connectivity index is 3.08. The van der Waals surface area contributed by atoms with Crippen molar-refractivity contribution in [3.8, 4) is 0 Å². The Labute approximate surface area is 79.0 Å². The molecule has 70 valence electrons. The molecule has 0 aromatic heterocycles. The first-order chi connectivity index (χ1) is 6.10. The average Bonchev–Trinajstić information content (AvgIpc) is 2.18. The van der Waals surface area contributed by atoms with Crippen LogP contribution in [0.5, 0.6) is 0 Å². The second-order valence-electron chi connectivity index (χ2n) is 3.88. The average molecular weight is 177 g/mol. The van der Waals surface area contributed by atoms with Crippen LogP contribution in [0.2, 0.25) is 0 Å². The molecular formula is C11H15NO. The molecule has 0 N–H and O–H groups in total. The van der Waals surface area contributed by atoms with Crippen molar-refractivity contribution in [1.82, 2.24) is 0 Å². The summed E-state index contributed by atoms with van der Waals surface area (Å²) in [5.74, 6) is 0. The van der Waals surface area contributed by atoms with Crippen LogP contribution >= 0.6 is 0 Å². The Morgan fingerprint density at radius 3 is 2.62 bits per heavy atom. The van der Waals surface area contributed by atoms with E-state index in [2.05, 4.69) is 25.9 Å². The maximum absolute atomic E-state index is 10.3. The van der Waals surface area contributed by atoms with Gasteiger partial charge in [0.15, 0.2) is 0 Å². The molecule has 0 saturated carbocycles. The third-order valence-electron chi connectivity index (χ3n) is 2.62. The molecule has 2 heteroatoms. The van der Waals surface area contributed by atoms with E-state index in [9.17, 15) is 4.91 Å². The van der Waals surface area contributed by atoms with E-state index in [-0.39, 0.29) is 5.41 Å². The first-order valence-electron chi connectivity index (χ1n) is 4.54. The summed E-state index contributed by atoms with van der Waals surface area (Å²) in [5.41, 5.74) is 1.81. The number of nitroso groups, excluding NO2 is 1. The van der Waals surface area contributed by atoms with Crippen LogP contribution in [-0.2, 0) is 5.41 Å². The highest BCUT2D eigenvalue weighted by Gasteiger charge is 2.17. The van der Waals surface area contributed by atoms with Gasteiger partial charge in [-0.05, 0) is 34.7 Å². The molecule has 0 radical (unpaired) electrons. The minimum atomic E-state index is 0.126.